The highest BCUT2D eigenvalue weighted by molar-refractivity contribution is 5.95. The van der Waals surface area contributed by atoms with E-state index in [4.69, 9.17) is 0 Å². The van der Waals surface area contributed by atoms with Crippen molar-refractivity contribution in [1.82, 2.24) is 20.4 Å². The normalized spacial score (nSPS) is 27.0. The fraction of sp³-hybridized carbons (Fsp3) is 0.500. The molecule has 0 spiro atoms. The van der Waals surface area contributed by atoms with Crippen molar-refractivity contribution in [3.63, 3.8) is 0 Å². The van der Waals surface area contributed by atoms with Crippen LogP contribution in [0.4, 0.5) is 0 Å². The molecule has 2 aliphatic rings. The number of carbonyl (C=O) groups is 1. The maximum atomic E-state index is 11.9. The number of nitrogens with one attached hydrogen (secondary N) is 2. The lowest BCUT2D eigenvalue weighted by Gasteiger charge is -2.23. The van der Waals surface area contributed by atoms with Crippen molar-refractivity contribution < 1.29 is 4.79 Å². The maximum absolute atomic E-state index is 11.9. The van der Waals surface area contributed by atoms with Gasteiger partial charge in [-0.3, -0.25) is 9.48 Å². The number of nitrogens with zero attached hydrogens (tertiary/aromatic N) is 2. The summed E-state index contributed by atoms with van der Waals surface area (Å²) in [6.07, 6.45) is 2.71. The smallest absolute Gasteiger partial charge is 0.270 e. The monoisotopic (exact) mass is 232 g/mol. The van der Waals surface area contributed by atoms with Crippen LogP contribution in [-0.2, 0) is 13.0 Å². The molecule has 2 atom stereocenters. The molecular weight excluding hydrogens is 216 g/mol. The standard InChI is InChI=1S/C12H16N4O/c1-3-8-5-14-12(17)11-9-6-13-7(2)4-10(9)15-16(8)11/h3,7-8,13H,1,4-6H2,2H3,(H,14,17)/t7-,8-/m1/s1. The number of fused-ring (bicyclic) bond motifs is 3. The van der Waals surface area contributed by atoms with E-state index in [0.717, 1.165) is 24.2 Å². The maximum Gasteiger partial charge on any atom is 0.270 e. The quantitative estimate of drug-likeness (QED) is 0.689. The van der Waals surface area contributed by atoms with Gasteiger partial charge in [-0.2, -0.15) is 5.10 Å². The van der Waals surface area contributed by atoms with Crippen LogP contribution in [0.5, 0.6) is 0 Å². The molecule has 0 radical (unpaired) electrons. The molecule has 2 N–H and O–H groups in total. The third-order valence-corrected chi connectivity index (χ3v) is 3.49. The lowest BCUT2D eigenvalue weighted by atomic mass is 10.0. The zero-order chi connectivity index (χ0) is 12.0. The highest BCUT2D eigenvalue weighted by Crippen LogP contribution is 2.25. The number of hydrogen-bond acceptors (Lipinski definition) is 3. The van der Waals surface area contributed by atoms with Gasteiger partial charge < -0.3 is 10.6 Å². The molecule has 90 valence electrons. The van der Waals surface area contributed by atoms with Crippen molar-refractivity contribution in [2.75, 3.05) is 6.54 Å². The minimum Gasteiger partial charge on any atom is -0.348 e. The highest BCUT2D eigenvalue weighted by atomic mass is 16.2. The van der Waals surface area contributed by atoms with Gasteiger partial charge in [0.2, 0.25) is 0 Å². The first-order valence-electron chi connectivity index (χ1n) is 5.95. The lowest BCUT2D eigenvalue weighted by molar-refractivity contribution is 0.0916. The van der Waals surface area contributed by atoms with E-state index in [9.17, 15) is 4.79 Å². The summed E-state index contributed by atoms with van der Waals surface area (Å²) >= 11 is 0. The van der Waals surface area contributed by atoms with Crippen LogP contribution in [-0.4, -0.2) is 28.3 Å². The predicted molar refractivity (Wildman–Crippen MR) is 63.8 cm³/mol. The third kappa shape index (κ3) is 1.50. The van der Waals surface area contributed by atoms with Gasteiger partial charge in [0.1, 0.15) is 5.69 Å². The first kappa shape index (κ1) is 10.5. The molecule has 0 aliphatic carbocycles. The third-order valence-electron chi connectivity index (χ3n) is 3.49. The van der Waals surface area contributed by atoms with Gasteiger partial charge in [-0.15, -0.1) is 6.58 Å². The van der Waals surface area contributed by atoms with Gasteiger partial charge in [-0.25, -0.2) is 0 Å². The Kier molecular flexibility index (Phi) is 2.29. The van der Waals surface area contributed by atoms with E-state index in [2.05, 4.69) is 29.2 Å². The van der Waals surface area contributed by atoms with Crippen LogP contribution in [0.15, 0.2) is 12.7 Å². The van der Waals surface area contributed by atoms with E-state index in [1.54, 1.807) is 0 Å². The van der Waals surface area contributed by atoms with Crippen molar-refractivity contribution in [1.29, 1.82) is 0 Å². The van der Waals surface area contributed by atoms with Crippen LogP contribution in [0.2, 0.25) is 0 Å². The fourth-order valence-corrected chi connectivity index (χ4v) is 2.54. The lowest BCUT2D eigenvalue weighted by Crippen LogP contribution is -2.39. The zero-order valence-corrected chi connectivity index (χ0v) is 9.86. The molecule has 0 saturated heterocycles. The minimum atomic E-state index is -0.0202. The molecule has 1 aromatic rings. The molecule has 2 aliphatic heterocycles. The Balaban J connectivity index is 2.13. The van der Waals surface area contributed by atoms with Crippen molar-refractivity contribution in [3.8, 4) is 0 Å². The van der Waals surface area contributed by atoms with E-state index >= 15 is 0 Å². The summed E-state index contributed by atoms with van der Waals surface area (Å²) in [7, 11) is 0. The first-order chi connectivity index (χ1) is 8.20. The second kappa shape index (κ2) is 3.70. The van der Waals surface area contributed by atoms with Crippen molar-refractivity contribution in [3.05, 3.63) is 29.6 Å². The predicted octanol–water partition coefficient (Wildman–Crippen LogP) is 0.388. The van der Waals surface area contributed by atoms with Gasteiger partial charge in [0.15, 0.2) is 0 Å². The zero-order valence-electron chi connectivity index (χ0n) is 9.86. The van der Waals surface area contributed by atoms with Crippen molar-refractivity contribution in [2.24, 2.45) is 0 Å². The Morgan fingerprint density at radius 1 is 1.59 bits per heavy atom. The number of aromatic nitrogens is 2. The van der Waals surface area contributed by atoms with Crippen molar-refractivity contribution >= 4 is 5.91 Å². The molecular formula is C12H16N4O. The summed E-state index contributed by atoms with van der Waals surface area (Å²) in [6.45, 7) is 7.24. The van der Waals surface area contributed by atoms with Gasteiger partial charge >= 0.3 is 0 Å². The summed E-state index contributed by atoms with van der Waals surface area (Å²) in [5, 5.41) is 10.8. The molecule has 5 heteroatoms. The van der Waals surface area contributed by atoms with Crippen LogP contribution < -0.4 is 10.6 Å². The van der Waals surface area contributed by atoms with Gasteiger partial charge in [-0.1, -0.05) is 6.08 Å². The average Bonchev–Trinajstić information content (AvgIpc) is 2.68. The van der Waals surface area contributed by atoms with Gasteiger partial charge in [0.25, 0.3) is 5.91 Å². The van der Waals surface area contributed by atoms with Crippen LogP contribution in [0.1, 0.15) is 34.7 Å². The fourth-order valence-electron chi connectivity index (χ4n) is 2.54. The molecule has 3 rings (SSSR count). The number of carbonyl (C=O) groups excluding carboxylic acids is 1. The molecule has 3 heterocycles. The van der Waals surface area contributed by atoms with Crippen molar-refractivity contribution in [2.45, 2.75) is 32.0 Å². The summed E-state index contributed by atoms with van der Waals surface area (Å²) in [4.78, 5) is 11.9. The van der Waals surface area contributed by atoms with Crippen LogP contribution >= 0.6 is 0 Å². The summed E-state index contributed by atoms with van der Waals surface area (Å²) < 4.78 is 1.83. The van der Waals surface area contributed by atoms with E-state index in [0.29, 0.717) is 18.3 Å². The molecule has 1 amide bonds. The van der Waals surface area contributed by atoms with Crippen LogP contribution in [0.25, 0.3) is 0 Å². The second-order valence-electron chi connectivity index (χ2n) is 4.72. The SMILES string of the molecule is C=C[C@@H]1CNC(=O)c2c3c(nn21)C[C@@H](C)NC3. The van der Waals surface area contributed by atoms with Gasteiger partial charge in [-0.05, 0) is 6.92 Å². The summed E-state index contributed by atoms with van der Waals surface area (Å²) in [5.74, 6) is -0.0202. The topological polar surface area (TPSA) is 59.0 Å². The molecule has 0 fully saturated rings. The molecule has 17 heavy (non-hydrogen) atoms. The molecule has 0 aromatic carbocycles. The minimum absolute atomic E-state index is 0.0202. The second-order valence-corrected chi connectivity index (χ2v) is 4.72. The molecule has 1 aromatic heterocycles. The summed E-state index contributed by atoms with van der Waals surface area (Å²) in [5.41, 5.74) is 2.80. The molecule has 0 saturated carbocycles. The summed E-state index contributed by atoms with van der Waals surface area (Å²) in [6, 6.07) is 0.494. The van der Waals surface area contributed by atoms with Gasteiger partial charge in [0.05, 0.1) is 11.7 Å². The Morgan fingerprint density at radius 3 is 3.18 bits per heavy atom. The Labute approximate surface area is 99.9 Å². The van der Waals surface area contributed by atoms with Gasteiger partial charge in [0, 0.05) is 31.1 Å². The van der Waals surface area contributed by atoms with E-state index in [1.807, 2.05) is 10.8 Å². The van der Waals surface area contributed by atoms with Crippen LogP contribution in [0, 0.1) is 0 Å². The Hall–Kier alpha value is -1.62. The van der Waals surface area contributed by atoms with E-state index in [1.165, 1.54) is 0 Å². The first-order valence-corrected chi connectivity index (χ1v) is 5.95. The Bertz CT molecular complexity index is 491. The van der Waals surface area contributed by atoms with E-state index < -0.39 is 0 Å². The molecule has 0 bridgehead atoms. The number of amides is 1. The molecule has 0 unspecified atom stereocenters. The number of hydrogen-bond donors (Lipinski definition) is 2. The average molecular weight is 232 g/mol. The largest absolute Gasteiger partial charge is 0.348 e. The molecule has 5 nitrogen and oxygen atoms in total. The Morgan fingerprint density at radius 2 is 2.41 bits per heavy atom. The van der Waals surface area contributed by atoms with E-state index in [-0.39, 0.29) is 11.9 Å². The van der Waals surface area contributed by atoms with Crippen LogP contribution in [0.3, 0.4) is 0 Å². The number of rotatable bonds is 1. The highest BCUT2D eigenvalue weighted by Gasteiger charge is 2.32.